The molecule has 0 aliphatic carbocycles. The van der Waals surface area contributed by atoms with Gasteiger partial charge in [-0.25, -0.2) is 4.79 Å². The normalized spacial score (nSPS) is 10.9. The number of rotatable bonds is 14. The Morgan fingerprint density at radius 1 is 0.792 bits per heavy atom. The molecular weight excluding hydrogens is 300 g/mol. The summed E-state index contributed by atoms with van der Waals surface area (Å²) in [6.07, 6.45) is 16.6. The van der Waals surface area contributed by atoms with Gasteiger partial charge in [-0.1, -0.05) is 77.6 Å². The zero-order valence-electron chi connectivity index (χ0n) is 15.2. The van der Waals surface area contributed by atoms with Crippen molar-refractivity contribution in [1.29, 1.82) is 0 Å². The van der Waals surface area contributed by atoms with E-state index in [1.54, 1.807) is 12.1 Å². The third-order valence-electron chi connectivity index (χ3n) is 4.54. The fourth-order valence-electron chi connectivity index (χ4n) is 3.11. The van der Waals surface area contributed by atoms with Crippen LogP contribution in [-0.4, -0.2) is 16.2 Å². The van der Waals surface area contributed by atoms with Crippen molar-refractivity contribution in [3.63, 3.8) is 0 Å². The van der Waals surface area contributed by atoms with Crippen molar-refractivity contribution in [3.05, 3.63) is 29.3 Å². The van der Waals surface area contributed by atoms with Gasteiger partial charge in [-0.2, -0.15) is 0 Å². The maximum Gasteiger partial charge on any atom is 0.335 e. The van der Waals surface area contributed by atoms with Crippen LogP contribution in [0.25, 0.3) is 0 Å². The average Bonchev–Trinajstić information content (AvgIpc) is 2.55. The van der Waals surface area contributed by atoms with Crippen LogP contribution in [-0.2, 0) is 6.42 Å². The molecule has 3 nitrogen and oxygen atoms in total. The van der Waals surface area contributed by atoms with Gasteiger partial charge in [0.25, 0.3) is 0 Å². The van der Waals surface area contributed by atoms with E-state index in [1.807, 2.05) is 0 Å². The van der Waals surface area contributed by atoms with Crippen LogP contribution in [0, 0.1) is 0 Å². The fraction of sp³-hybridized carbons (Fsp3) is 0.667. The van der Waals surface area contributed by atoms with Crippen molar-refractivity contribution in [1.82, 2.24) is 0 Å². The van der Waals surface area contributed by atoms with E-state index >= 15 is 0 Å². The molecule has 0 aromatic heterocycles. The molecular formula is C21H34O3. The Labute approximate surface area is 147 Å². The third-order valence-corrected chi connectivity index (χ3v) is 4.54. The first-order valence-electron chi connectivity index (χ1n) is 9.69. The van der Waals surface area contributed by atoms with E-state index in [4.69, 9.17) is 5.11 Å². The summed E-state index contributed by atoms with van der Waals surface area (Å²) in [7, 11) is 0. The van der Waals surface area contributed by atoms with Crippen LogP contribution in [0.5, 0.6) is 5.75 Å². The molecule has 0 amide bonds. The molecule has 0 aliphatic rings. The molecule has 0 radical (unpaired) electrons. The van der Waals surface area contributed by atoms with Gasteiger partial charge < -0.3 is 10.2 Å². The number of carboxylic acid groups (broad SMARTS) is 1. The Bertz CT molecular complexity index is 468. The van der Waals surface area contributed by atoms with E-state index in [2.05, 4.69) is 6.92 Å². The molecule has 0 unspecified atom stereocenters. The van der Waals surface area contributed by atoms with Gasteiger partial charge in [-0.05, 0) is 36.6 Å². The Hall–Kier alpha value is -1.51. The molecule has 3 heteroatoms. The first-order valence-corrected chi connectivity index (χ1v) is 9.69. The maximum absolute atomic E-state index is 11.0. The van der Waals surface area contributed by atoms with E-state index in [0.717, 1.165) is 18.4 Å². The highest BCUT2D eigenvalue weighted by molar-refractivity contribution is 5.88. The van der Waals surface area contributed by atoms with Gasteiger partial charge in [0.1, 0.15) is 5.75 Å². The second kappa shape index (κ2) is 12.9. The summed E-state index contributed by atoms with van der Waals surface area (Å²) in [6.45, 7) is 2.26. The van der Waals surface area contributed by atoms with E-state index < -0.39 is 5.97 Å². The summed E-state index contributed by atoms with van der Waals surface area (Å²) in [5, 5.41) is 18.6. The first kappa shape index (κ1) is 20.5. The van der Waals surface area contributed by atoms with Gasteiger partial charge in [0.15, 0.2) is 0 Å². The van der Waals surface area contributed by atoms with Crippen LogP contribution in [0.4, 0.5) is 0 Å². The minimum absolute atomic E-state index is 0.0452. The van der Waals surface area contributed by atoms with Crippen molar-refractivity contribution < 1.29 is 15.0 Å². The number of phenols is 1. The van der Waals surface area contributed by atoms with Crippen molar-refractivity contribution in [2.45, 2.75) is 90.4 Å². The summed E-state index contributed by atoms with van der Waals surface area (Å²) in [6, 6.07) is 4.64. The summed E-state index contributed by atoms with van der Waals surface area (Å²) in [5.41, 5.74) is 1.09. The van der Waals surface area contributed by atoms with Crippen LogP contribution in [0.1, 0.15) is 99.9 Å². The maximum atomic E-state index is 11.0. The molecule has 0 aliphatic heterocycles. The Kier molecular flexibility index (Phi) is 11.0. The summed E-state index contributed by atoms with van der Waals surface area (Å²) in [5.74, 6) is -0.939. The summed E-state index contributed by atoms with van der Waals surface area (Å²) in [4.78, 5) is 11.0. The number of aromatic carboxylic acids is 1. The van der Waals surface area contributed by atoms with Crippen LogP contribution in [0.15, 0.2) is 18.2 Å². The van der Waals surface area contributed by atoms with Crippen molar-refractivity contribution in [3.8, 4) is 5.75 Å². The minimum atomic E-state index is -0.984. The molecule has 0 spiro atoms. The molecule has 0 heterocycles. The number of aryl methyl sites for hydroxylation is 1. The predicted octanol–water partition coefficient (Wildman–Crippen LogP) is 6.33. The number of unbranched alkanes of at least 4 members (excludes halogenated alkanes) is 11. The Balaban J connectivity index is 2.02. The number of benzene rings is 1. The Morgan fingerprint density at radius 3 is 1.79 bits per heavy atom. The van der Waals surface area contributed by atoms with E-state index in [1.165, 1.54) is 76.7 Å². The largest absolute Gasteiger partial charge is 0.508 e. The van der Waals surface area contributed by atoms with Gasteiger partial charge in [-0.15, -0.1) is 0 Å². The van der Waals surface area contributed by atoms with Gasteiger partial charge >= 0.3 is 5.97 Å². The molecule has 1 aromatic rings. The number of carboxylic acids is 1. The lowest BCUT2D eigenvalue weighted by atomic mass is 10.0. The molecule has 1 rings (SSSR count). The summed E-state index contributed by atoms with van der Waals surface area (Å²) < 4.78 is 0. The molecule has 0 saturated heterocycles. The summed E-state index contributed by atoms with van der Waals surface area (Å²) >= 11 is 0. The zero-order chi connectivity index (χ0) is 17.6. The standard InChI is InChI=1S/C21H34O3/c1-2-3-4-5-6-7-8-9-10-11-12-13-14-18-15-19(21(23)24)17-20(22)16-18/h15-17,22H,2-14H2,1H3,(H,23,24). The molecule has 0 saturated carbocycles. The smallest absolute Gasteiger partial charge is 0.335 e. The van der Waals surface area contributed by atoms with Gasteiger partial charge in [0, 0.05) is 0 Å². The molecule has 24 heavy (non-hydrogen) atoms. The molecule has 0 bridgehead atoms. The number of hydrogen-bond donors (Lipinski definition) is 2. The topological polar surface area (TPSA) is 57.5 Å². The highest BCUT2D eigenvalue weighted by atomic mass is 16.4. The van der Waals surface area contributed by atoms with Crippen molar-refractivity contribution in [2.75, 3.05) is 0 Å². The van der Waals surface area contributed by atoms with Crippen LogP contribution in [0.3, 0.4) is 0 Å². The molecule has 1 aromatic carbocycles. The predicted molar refractivity (Wildman–Crippen MR) is 99.8 cm³/mol. The zero-order valence-corrected chi connectivity index (χ0v) is 15.2. The van der Waals surface area contributed by atoms with Gasteiger partial charge in [-0.3, -0.25) is 0 Å². The monoisotopic (exact) mass is 334 g/mol. The molecule has 136 valence electrons. The number of phenolic OH excluding ortho intramolecular Hbond substituents is 1. The first-order chi connectivity index (χ1) is 11.6. The van der Waals surface area contributed by atoms with E-state index in [0.29, 0.717) is 0 Å². The number of aromatic hydroxyl groups is 1. The lowest BCUT2D eigenvalue weighted by Gasteiger charge is -2.05. The lowest BCUT2D eigenvalue weighted by molar-refractivity contribution is 0.0696. The van der Waals surface area contributed by atoms with Gasteiger partial charge in [0.2, 0.25) is 0 Å². The lowest BCUT2D eigenvalue weighted by Crippen LogP contribution is -1.97. The SMILES string of the molecule is CCCCCCCCCCCCCCc1cc(O)cc(C(=O)O)c1. The van der Waals surface area contributed by atoms with E-state index in [-0.39, 0.29) is 11.3 Å². The number of carbonyl (C=O) groups is 1. The second-order valence-electron chi connectivity index (χ2n) is 6.83. The van der Waals surface area contributed by atoms with Crippen molar-refractivity contribution in [2.24, 2.45) is 0 Å². The van der Waals surface area contributed by atoms with Crippen LogP contribution in [0.2, 0.25) is 0 Å². The highest BCUT2D eigenvalue weighted by Gasteiger charge is 2.06. The quantitative estimate of drug-likeness (QED) is 0.391. The van der Waals surface area contributed by atoms with Crippen LogP contribution >= 0.6 is 0 Å². The molecule has 2 N–H and O–H groups in total. The minimum Gasteiger partial charge on any atom is -0.508 e. The van der Waals surface area contributed by atoms with Gasteiger partial charge in [0.05, 0.1) is 5.56 Å². The molecule has 0 fully saturated rings. The highest BCUT2D eigenvalue weighted by Crippen LogP contribution is 2.18. The fourth-order valence-corrected chi connectivity index (χ4v) is 3.11. The van der Waals surface area contributed by atoms with Crippen LogP contribution < -0.4 is 0 Å². The van der Waals surface area contributed by atoms with Crippen molar-refractivity contribution >= 4 is 5.97 Å². The molecule has 0 atom stereocenters. The third kappa shape index (κ3) is 9.59. The van der Waals surface area contributed by atoms with E-state index in [9.17, 15) is 9.90 Å². The Morgan fingerprint density at radius 2 is 1.29 bits per heavy atom. The second-order valence-corrected chi connectivity index (χ2v) is 6.83. The number of hydrogen-bond acceptors (Lipinski definition) is 2. The average molecular weight is 334 g/mol.